The van der Waals surface area contributed by atoms with Crippen LogP contribution in [0, 0.1) is 11.8 Å². The third-order valence-corrected chi connectivity index (χ3v) is 5.36. The van der Waals surface area contributed by atoms with Crippen molar-refractivity contribution >= 4 is 5.69 Å². The van der Waals surface area contributed by atoms with Gasteiger partial charge < -0.3 is 10.1 Å². The van der Waals surface area contributed by atoms with Gasteiger partial charge in [0.25, 0.3) is 0 Å². The molecular formula is C20H32N2O. The molecule has 23 heavy (non-hydrogen) atoms. The first-order valence-electron chi connectivity index (χ1n) is 9.32. The van der Waals surface area contributed by atoms with Gasteiger partial charge in [0, 0.05) is 19.1 Å². The minimum absolute atomic E-state index is 0.309. The fraction of sp³-hybridized carbons (Fsp3) is 0.700. The first-order chi connectivity index (χ1) is 11.0. The van der Waals surface area contributed by atoms with Crippen molar-refractivity contribution in [3.63, 3.8) is 0 Å². The van der Waals surface area contributed by atoms with E-state index in [2.05, 4.69) is 56.1 Å². The Hall–Kier alpha value is -1.22. The van der Waals surface area contributed by atoms with Gasteiger partial charge >= 0.3 is 0 Å². The summed E-state index contributed by atoms with van der Waals surface area (Å²) in [5.41, 5.74) is 2.58. The summed E-state index contributed by atoms with van der Waals surface area (Å²) < 4.78 is 6.01. The second-order valence-corrected chi connectivity index (χ2v) is 7.81. The van der Waals surface area contributed by atoms with Crippen molar-refractivity contribution in [2.24, 2.45) is 11.8 Å². The zero-order valence-electron chi connectivity index (χ0n) is 15.1. The lowest BCUT2D eigenvalue weighted by Crippen LogP contribution is -2.44. The molecule has 3 nitrogen and oxygen atoms in total. The van der Waals surface area contributed by atoms with Crippen LogP contribution in [0.15, 0.2) is 18.2 Å². The van der Waals surface area contributed by atoms with E-state index >= 15 is 0 Å². The molecular weight excluding hydrogens is 284 g/mol. The normalized spacial score (nSPS) is 29.3. The van der Waals surface area contributed by atoms with Crippen LogP contribution in [0.25, 0.3) is 0 Å². The Morgan fingerprint density at radius 2 is 2.00 bits per heavy atom. The Morgan fingerprint density at radius 1 is 1.26 bits per heavy atom. The highest BCUT2D eigenvalue weighted by atomic mass is 16.5. The van der Waals surface area contributed by atoms with Crippen LogP contribution in [0.4, 0.5) is 5.69 Å². The number of hydrogen-bond acceptors (Lipinski definition) is 3. The molecule has 0 aromatic heterocycles. The van der Waals surface area contributed by atoms with E-state index in [0.717, 1.165) is 37.0 Å². The second-order valence-electron chi connectivity index (χ2n) is 7.81. The van der Waals surface area contributed by atoms with E-state index in [0.29, 0.717) is 12.1 Å². The predicted octanol–water partition coefficient (Wildman–Crippen LogP) is 4.18. The molecule has 1 aromatic carbocycles. The van der Waals surface area contributed by atoms with E-state index < -0.39 is 0 Å². The highest BCUT2D eigenvalue weighted by molar-refractivity contribution is 5.59. The average molecular weight is 316 g/mol. The third kappa shape index (κ3) is 4.00. The molecule has 0 saturated carbocycles. The number of nitrogens with zero attached hydrogens (tertiary/aromatic N) is 1. The maximum Gasteiger partial charge on any atom is 0.142 e. The minimum Gasteiger partial charge on any atom is -0.486 e. The lowest BCUT2D eigenvalue weighted by molar-refractivity contribution is 0.103. The zero-order valence-corrected chi connectivity index (χ0v) is 15.1. The van der Waals surface area contributed by atoms with Gasteiger partial charge in [-0.15, -0.1) is 0 Å². The molecule has 2 heterocycles. The molecule has 3 rings (SSSR count). The molecule has 3 heteroatoms. The third-order valence-electron chi connectivity index (χ3n) is 5.36. The molecule has 1 aromatic rings. The van der Waals surface area contributed by atoms with E-state index in [9.17, 15) is 0 Å². The fourth-order valence-corrected chi connectivity index (χ4v) is 4.16. The quantitative estimate of drug-likeness (QED) is 0.902. The molecule has 0 amide bonds. The van der Waals surface area contributed by atoms with Crippen LogP contribution in [0.1, 0.15) is 46.1 Å². The smallest absolute Gasteiger partial charge is 0.142 e. The van der Waals surface area contributed by atoms with E-state index in [1.54, 1.807) is 0 Å². The van der Waals surface area contributed by atoms with E-state index in [4.69, 9.17) is 4.74 Å². The highest BCUT2D eigenvalue weighted by Gasteiger charge is 2.25. The number of benzene rings is 1. The van der Waals surface area contributed by atoms with E-state index in [-0.39, 0.29) is 0 Å². The van der Waals surface area contributed by atoms with Crippen molar-refractivity contribution in [2.45, 2.75) is 59.1 Å². The molecule has 1 fully saturated rings. The number of hydrogen-bond donors (Lipinski definition) is 1. The molecule has 4 unspecified atom stereocenters. The van der Waals surface area contributed by atoms with Crippen molar-refractivity contribution in [2.75, 3.05) is 25.0 Å². The number of rotatable bonds is 4. The zero-order chi connectivity index (χ0) is 16.4. The SMILES string of the molecule is CCC1CNc2cc(CC(C)N3CC(C)CC(C)C3)ccc2O1. The summed E-state index contributed by atoms with van der Waals surface area (Å²) in [5, 5.41) is 3.53. The Labute approximate surface area is 141 Å². The Morgan fingerprint density at radius 3 is 2.70 bits per heavy atom. The molecule has 2 aliphatic heterocycles. The first-order valence-corrected chi connectivity index (χ1v) is 9.32. The molecule has 0 aliphatic carbocycles. The number of fused-ring (bicyclic) bond motifs is 1. The molecule has 0 radical (unpaired) electrons. The van der Waals surface area contributed by atoms with Gasteiger partial charge in [0.1, 0.15) is 11.9 Å². The topological polar surface area (TPSA) is 24.5 Å². The summed E-state index contributed by atoms with van der Waals surface area (Å²) in [6, 6.07) is 7.28. The summed E-state index contributed by atoms with van der Waals surface area (Å²) in [5.74, 6) is 2.66. The standard InChI is InChI=1S/C20H32N2O/c1-5-18-11-21-19-10-17(6-7-20(19)23-18)9-16(4)22-12-14(2)8-15(3)13-22/h6-7,10,14-16,18,21H,5,8-9,11-13H2,1-4H3. The lowest BCUT2D eigenvalue weighted by Gasteiger charge is -2.39. The fourth-order valence-electron chi connectivity index (χ4n) is 4.16. The van der Waals surface area contributed by atoms with Gasteiger partial charge in [0.15, 0.2) is 0 Å². The largest absolute Gasteiger partial charge is 0.486 e. The van der Waals surface area contributed by atoms with Gasteiger partial charge in [0.05, 0.1) is 12.2 Å². The maximum absolute atomic E-state index is 6.01. The van der Waals surface area contributed by atoms with Crippen LogP contribution in [-0.2, 0) is 6.42 Å². The Balaban J connectivity index is 1.64. The van der Waals surface area contributed by atoms with Crippen molar-refractivity contribution in [3.8, 4) is 5.75 Å². The number of piperidine rings is 1. The Bertz CT molecular complexity index is 520. The van der Waals surface area contributed by atoms with Gasteiger partial charge in [-0.3, -0.25) is 4.90 Å². The van der Waals surface area contributed by atoms with Crippen LogP contribution < -0.4 is 10.1 Å². The molecule has 1 N–H and O–H groups in total. The number of nitrogens with one attached hydrogen (secondary N) is 1. The van der Waals surface area contributed by atoms with Crippen molar-refractivity contribution in [3.05, 3.63) is 23.8 Å². The van der Waals surface area contributed by atoms with Crippen molar-refractivity contribution < 1.29 is 4.74 Å². The van der Waals surface area contributed by atoms with Crippen LogP contribution in [0.3, 0.4) is 0 Å². The van der Waals surface area contributed by atoms with Gasteiger partial charge in [-0.25, -0.2) is 0 Å². The van der Waals surface area contributed by atoms with Gasteiger partial charge in [0.2, 0.25) is 0 Å². The number of likely N-dealkylation sites (tertiary alicyclic amines) is 1. The van der Waals surface area contributed by atoms with Crippen LogP contribution in [0.5, 0.6) is 5.75 Å². The van der Waals surface area contributed by atoms with Gasteiger partial charge in [-0.1, -0.05) is 26.8 Å². The summed E-state index contributed by atoms with van der Waals surface area (Å²) in [4.78, 5) is 2.68. The maximum atomic E-state index is 6.01. The number of anilines is 1. The van der Waals surface area contributed by atoms with E-state index in [1.165, 1.54) is 30.8 Å². The first kappa shape index (κ1) is 16.6. The van der Waals surface area contributed by atoms with Crippen molar-refractivity contribution in [1.82, 2.24) is 4.90 Å². The van der Waals surface area contributed by atoms with Gasteiger partial charge in [-0.05, 0) is 55.7 Å². The van der Waals surface area contributed by atoms with Crippen LogP contribution >= 0.6 is 0 Å². The summed E-state index contributed by atoms with van der Waals surface area (Å²) in [6.45, 7) is 12.7. The molecule has 0 spiro atoms. The minimum atomic E-state index is 0.309. The second kappa shape index (κ2) is 7.12. The van der Waals surface area contributed by atoms with Crippen LogP contribution in [0.2, 0.25) is 0 Å². The molecule has 2 aliphatic rings. The van der Waals surface area contributed by atoms with Crippen LogP contribution in [-0.4, -0.2) is 36.7 Å². The molecule has 0 bridgehead atoms. The van der Waals surface area contributed by atoms with E-state index in [1.807, 2.05) is 0 Å². The molecule has 1 saturated heterocycles. The molecule has 4 atom stereocenters. The van der Waals surface area contributed by atoms with Gasteiger partial charge in [-0.2, -0.15) is 0 Å². The summed E-state index contributed by atoms with van der Waals surface area (Å²) in [7, 11) is 0. The van der Waals surface area contributed by atoms with Crippen molar-refractivity contribution in [1.29, 1.82) is 0 Å². The monoisotopic (exact) mass is 316 g/mol. The summed E-state index contributed by atoms with van der Waals surface area (Å²) in [6.07, 6.45) is 3.85. The lowest BCUT2D eigenvalue weighted by atomic mass is 9.90. The Kier molecular flexibility index (Phi) is 5.15. The average Bonchev–Trinajstić information content (AvgIpc) is 2.53. The predicted molar refractivity (Wildman–Crippen MR) is 97.3 cm³/mol. The molecule has 128 valence electrons. The highest BCUT2D eigenvalue weighted by Crippen LogP contribution is 2.31. The number of ether oxygens (including phenoxy) is 1. The summed E-state index contributed by atoms with van der Waals surface area (Å²) >= 11 is 0.